The maximum Gasteiger partial charge on any atom is 0.334 e. The lowest BCUT2D eigenvalue weighted by atomic mass is 10.0. The Morgan fingerprint density at radius 3 is 2.69 bits per heavy atom. The number of halogens is 1. The highest BCUT2D eigenvalue weighted by Crippen LogP contribution is 2.28. The largest absolute Gasteiger partial charge is 0.337 e. The van der Waals surface area contributed by atoms with E-state index < -0.39 is 5.82 Å². The van der Waals surface area contributed by atoms with E-state index in [9.17, 15) is 9.59 Å². The normalized spacial score (nSPS) is 15.9. The molecule has 0 N–H and O–H groups in total. The van der Waals surface area contributed by atoms with Crippen molar-refractivity contribution in [3.8, 4) is 16.8 Å². The van der Waals surface area contributed by atoms with Gasteiger partial charge in [0.25, 0.3) is 0 Å². The molecule has 0 spiro atoms. The third kappa shape index (κ3) is 3.22. The molecule has 160 valence electrons. The Hall–Kier alpha value is -4.00. The molecule has 2 aromatic carbocycles. The highest BCUT2D eigenvalue weighted by molar-refractivity contribution is 5.87. The van der Waals surface area contributed by atoms with Gasteiger partial charge in [0.05, 0.1) is 29.0 Å². The Morgan fingerprint density at radius 2 is 1.94 bits per heavy atom. The molecule has 1 unspecified atom stereocenters. The van der Waals surface area contributed by atoms with Gasteiger partial charge in [0.1, 0.15) is 5.82 Å². The first kappa shape index (κ1) is 19.9. The minimum atomic E-state index is -0.408. The van der Waals surface area contributed by atoms with Crippen molar-refractivity contribution < 1.29 is 9.18 Å². The Morgan fingerprint density at radius 1 is 1.12 bits per heavy atom. The van der Waals surface area contributed by atoms with Crippen LogP contribution in [0.4, 0.5) is 4.39 Å². The van der Waals surface area contributed by atoms with Gasteiger partial charge in [-0.15, -0.1) is 0 Å². The molecule has 0 radical (unpaired) electrons. The van der Waals surface area contributed by atoms with Crippen LogP contribution in [0.1, 0.15) is 12.5 Å². The topological polar surface area (TPSA) is 60.1 Å². The molecule has 0 saturated carbocycles. The predicted molar refractivity (Wildman–Crippen MR) is 121 cm³/mol. The van der Waals surface area contributed by atoms with E-state index in [1.165, 1.54) is 16.7 Å². The number of hydrogen-bond donors (Lipinski definition) is 0. The van der Waals surface area contributed by atoms with Crippen molar-refractivity contribution >= 4 is 16.9 Å². The molecule has 1 saturated heterocycles. The third-order valence-electron chi connectivity index (χ3n) is 5.99. The van der Waals surface area contributed by atoms with Crippen molar-refractivity contribution in [2.24, 2.45) is 0 Å². The van der Waals surface area contributed by atoms with E-state index in [2.05, 4.69) is 11.6 Å². The number of likely N-dealkylation sites (tertiary alicyclic amines) is 1. The Bertz CT molecular complexity index is 1390. The number of aromatic nitrogens is 3. The van der Waals surface area contributed by atoms with Gasteiger partial charge >= 0.3 is 5.69 Å². The van der Waals surface area contributed by atoms with Crippen molar-refractivity contribution in [1.29, 1.82) is 0 Å². The molecule has 5 rings (SSSR count). The van der Waals surface area contributed by atoms with Crippen molar-refractivity contribution in [3.05, 3.63) is 95.9 Å². The molecule has 0 aliphatic carbocycles. The minimum absolute atomic E-state index is 0.149. The van der Waals surface area contributed by atoms with Crippen LogP contribution in [-0.4, -0.2) is 38.0 Å². The van der Waals surface area contributed by atoms with E-state index in [1.54, 1.807) is 40.1 Å². The second-order valence-corrected chi connectivity index (χ2v) is 7.81. The smallest absolute Gasteiger partial charge is 0.334 e. The average Bonchev–Trinajstić information content (AvgIpc) is 3.41. The maximum atomic E-state index is 15.0. The summed E-state index contributed by atoms with van der Waals surface area (Å²) in [6.07, 6.45) is 5.18. The highest BCUT2D eigenvalue weighted by atomic mass is 19.1. The van der Waals surface area contributed by atoms with Crippen molar-refractivity contribution in [3.63, 3.8) is 0 Å². The SMILES string of the molecule is C=CC(=O)N1CCC(n2c(=O)n(-c3ccc(-c4ccccc4)c(F)c3)c3cnccc32)C1. The van der Waals surface area contributed by atoms with Gasteiger partial charge in [-0.25, -0.2) is 9.18 Å². The highest BCUT2D eigenvalue weighted by Gasteiger charge is 2.30. The zero-order chi connectivity index (χ0) is 22.2. The van der Waals surface area contributed by atoms with Crippen LogP contribution in [0.25, 0.3) is 27.8 Å². The van der Waals surface area contributed by atoms with E-state index in [4.69, 9.17) is 0 Å². The lowest BCUT2D eigenvalue weighted by molar-refractivity contribution is -0.125. The zero-order valence-corrected chi connectivity index (χ0v) is 17.3. The molecule has 32 heavy (non-hydrogen) atoms. The molecule has 1 aliphatic heterocycles. The number of amides is 1. The first-order valence-electron chi connectivity index (χ1n) is 10.4. The predicted octanol–water partition coefficient (Wildman–Crippen LogP) is 3.95. The average molecular weight is 428 g/mol. The van der Waals surface area contributed by atoms with Crippen LogP contribution in [0.15, 0.2) is 84.4 Å². The molecule has 1 atom stereocenters. The van der Waals surface area contributed by atoms with E-state index in [0.29, 0.717) is 41.8 Å². The van der Waals surface area contributed by atoms with E-state index >= 15 is 4.39 Å². The van der Waals surface area contributed by atoms with Crippen LogP contribution in [0.5, 0.6) is 0 Å². The van der Waals surface area contributed by atoms with Gasteiger partial charge in [-0.3, -0.25) is 18.9 Å². The van der Waals surface area contributed by atoms with Crippen molar-refractivity contribution in [2.75, 3.05) is 13.1 Å². The standard InChI is InChI=1S/C25H21FN4O2/c1-2-24(31)28-13-11-19(16-28)30-22-10-12-27-15-23(22)29(25(30)32)18-8-9-20(21(26)14-18)17-6-4-3-5-7-17/h2-10,12,14-15,19H,1,11,13,16H2. The summed E-state index contributed by atoms with van der Waals surface area (Å²) in [7, 11) is 0. The molecule has 0 bridgehead atoms. The van der Waals surface area contributed by atoms with Gasteiger partial charge in [-0.2, -0.15) is 0 Å². The zero-order valence-electron chi connectivity index (χ0n) is 17.3. The fraction of sp³-hybridized carbons (Fsp3) is 0.160. The molecular weight excluding hydrogens is 407 g/mol. The number of imidazole rings is 1. The number of benzene rings is 2. The number of rotatable bonds is 4. The first-order chi connectivity index (χ1) is 15.6. The molecule has 6 nitrogen and oxygen atoms in total. The lowest BCUT2D eigenvalue weighted by Crippen LogP contribution is -2.31. The molecular formula is C25H21FN4O2. The summed E-state index contributed by atoms with van der Waals surface area (Å²) in [6.45, 7) is 4.52. The molecule has 7 heteroatoms. The summed E-state index contributed by atoms with van der Waals surface area (Å²) in [5.41, 5.74) is 2.69. The summed E-state index contributed by atoms with van der Waals surface area (Å²) in [4.78, 5) is 31.4. The maximum absolute atomic E-state index is 15.0. The summed E-state index contributed by atoms with van der Waals surface area (Å²) in [5.74, 6) is -0.557. The quantitative estimate of drug-likeness (QED) is 0.463. The van der Waals surface area contributed by atoms with Gasteiger partial charge < -0.3 is 4.90 Å². The van der Waals surface area contributed by atoms with Crippen molar-refractivity contribution in [1.82, 2.24) is 19.0 Å². The molecule has 2 aromatic heterocycles. The van der Waals surface area contributed by atoms with Crippen LogP contribution < -0.4 is 5.69 Å². The van der Waals surface area contributed by atoms with E-state index in [0.717, 1.165) is 5.56 Å². The Labute approximate surface area is 183 Å². The van der Waals surface area contributed by atoms with Crippen LogP contribution in [0.3, 0.4) is 0 Å². The third-order valence-corrected chi connectivity index (χ3v) is 5.99. The second kappa shape index (κ2) is 7.92. The summed E-state index contributed by atoms with van der Waals surface area (Å²) < 4.78 is 18.2. The number of carbonyl (C=O) groups is 1. The van der Waals surface area contributed by atoms with Crippen molar-refractivity contribution in [2.45, 2.75) is 12.5 Å². The Balaban J connectivity index is 1.61. The van der Waals surface area contributed by atoms with E-state index in [-0.39, 0.29) is 17.6 Å². The summed E-state index contributed by atoms with van der Waals surface area (Å²) in [6, 6.07) is 15.7. The molecule has 4 aromatic rings. The molecule has 1 aliphatic rings. The molecule has 1 amide bonds. The monoisotopic (exact) mass is 428 g/mol. The lowest BCUT2D eigenvalue weighted by Gasteiger charge is -2.15. The number of pyridine rings is 1. The fourth-order valence-corrected chi connectivity index (χ4v) is 4.45. The number of hydrogen-bond acceptors (Lipinski definition) is 3. The van der Waals surface area contributed by atoms with Gasteiger partial charge in [0.2, 0.25) is 5.91 Å². The van der Waals surface area contributed by atoms with E-state index in [1.807, 2.05) is 30.3 Å². The second-order valence-electron chi connectivity index (χ2n) is 7.81. The van der Waals surface area contributed by atoms with Gasteiger partial charge in [-0.1, -0.05) is 36.9 Å². The van der Waals surface area contributed by atoms with Crippen LogP contribution >= 0.6 is 0 Å². The first-order valence-corrected chi connectivity index (χ1v) is 10.4. The van der Waals surface area contributed by atoms with Crippen LogP contribution in [-0.2, 0) is 4.79 Å². The van der Waals surface area contributed by atoms with Crippen LogP contribution in [0.2, 0.25) is 0 Å². The number of carbonyl (C=O) groups excluding carboxylic acids is 1. The molecule has 1 fully saturated rings. The number of fused-ring (bicyclic) bond motifs is 1. The fourth-order valence-electron chi connectivity index (χ4n) is 4.45. The summed E-state index contributed by atoms with van der Waals surface area (Å²) in [5, 5.41) is 0. The summed E-state index contributed by atoms with van der Waals surface area (Å²) >= 11 is 0. The molecule has 3 heterocycles. The number of nitrogens with zero attached hydrogens (tertiary/aromatic N) is 4. The van der Waals surface area contributed by atoms with Gasteiger partial charge in [0.15, 0.2) is 0 Å². The van der Waals surface area contributed by atoms with Crippen LogP contribution in [0, 0.1) is 5.82 Å². The minimum Gasteiger partial charge on any atom is -0.337 e. The van der Waals surface area contributed by atoms with Gasteiger partial charge in [0, 0.05) is 24.8 Å². The van der Waals surface area contributed by atoms with Gasteiger partial charge in [-0.05, 0) is 42.3 Å². The Kier molecular flexibility index (Phi) is 4.93.